The number of aromatic hydroxyl groups is 2. The Morgan fingerprint density at radius 1 is 0.891 bits per heavy atom. The van der Waals surface area contributed by atoms with Crippen molar-refractivity contribution in [1.82, 2.24) is 0 Å². The van der Waals surface area contributed by atoms with Crippen LogP contribution in [-0.4, -0.2) is 142 Å². The zero-order valence-corrected chi connectivity index (χ0v) is 25.4. The summed E-state index contributed by atoms with van der Waals surface area (Å²) in [6.45, 7) is -2.39. The second-order valence-corrected chi connectivity index (χ2v) is 12.0. The van der Waals surface area contributed by atoms with E-state index in [1.807, 2.05) is 0 Å². The lowest BCUT2D eigenvalue weighted by Crippen LogP contribution is -2.61. The molecule has 2 aromatic rings. The molecule has 2 aromatic carbocycles. The molecule has 2 saturated heterocycles. The highest BCUT2D eigenvalue weighted by Gasteiger charge is 2.53. The van der Waals surface area contributed by atoms with Crippen LogP contribution in [0.25, 0.3) is 0 Å². The Labute approximate surface area is 264 Å². The molecule has 2 fully saturated rings. The van der Waals surface area contributed by atoms with E-state index in [2.05, 4.69) is 0 Å². The number of methoxy groups -OCH3 is 2. The minimum absolute atomic E-state index is 0.0889. The monoisotopic (exact) mass is 654 g/mol. The molecular weight excluding hydrogens is 612 g/mol. The topological polar surface area (TPSA) is 237 Å². The number of ether oxygens (including phenoxy) is 6. The summed E-state index contributed by atoms with van der Waals surface area (Å²) in [5.74, 6) is -1.22. The summed E-state index contributed by atoms with van der Waals surface area (Å²) >= 11 is 0. The van der Waals surface area contributed by atoms with Gasteiger partial charge in [0.2, 0.25) is 0 Å². The number of aliphatic hydroxyl groups excluding tert-OH is 6. The maximum absolute atomic E-state index is 11.0. The molecule has 15 nitrogen and oxygen atoms in total. The zero-order chi connectivity index (χ0) is 33.3. The standard InChI is InChI=1S/C31H42O15/c1-41-21-6-14(3-4-19(21)35)24-17-8-20(36)22(42-2)7-15(17)5-16(9-32)18(24)11-43-29-27(26(38)25(37)23(10-33)45-29)46-30-28(39)31(40,12-34)13-44-30/h3-4,6-8,16,18,23-30,32-40H,5,9-13H2,1-2H3. The second-order valence-electron chi connectivity index (χ2n) is 12.0. The largest absolute Gasteiger partial charge is 0.504 e. The highest BCUT2D eigenvalue weighted by Crippen LogP contribution is 2.48. The van der Waals surface area contributed by atoms with Crippen LogP contribution < -0.4 is 9.47 Å². The molecule has 0 amide bonds. The summed E-state index contributed by atoms with van der Waals surface area (Å²) in [7, 11) is 2.84. The van der Waals surface area contributed by atoms with Crippen LogP contribution in [-0.2, 0) is 25.4 Å². The van der Waals surface area contributed by atoms with Crippen molar-refractivity contribution >= 4 is 0 Å². The smallest absolute Gasteiger partial charge is 0.187 e. The van der Waals surface area contributed by atoms with Crippen LogP contribution in [0.3, 0.4) is 0 Å². The van der Waals surface area contributed by atoms with E-state index in [0.717, 1.165) is 5.56 Å². The summed E-state index contributed by atoms with van der Waals surface area (Å²) in [5.41, 5.74) is 0.152. The molecule has 9 N–H and O–H groups in total. The molecule has 256 valence electrons. The number of hydrogen-bond donors (Lipinski definition) is 9. The third kappa shape index (κ3) is 6.37. The molecule has 11 atom stereocenters. The minimum Gasteiger partial charge on any atom is -0.504 e. The number of phenols is 2. The molecule has 1 aliphatic carbocycles. The average Bonchev–Trinajstić information content (AvgIpc) is 3.35. The van der Waals surface area contributed by atoms with Crippen LogP contribution in [0.2, 0.25) is 0 Å². The Morgan fingerprint density at radius 2 is 1.61 bits per heavy atom. The minimum atomic E-state index is -2.02. The van der Waals surface area contributed by atoms with Crippen LogP contribution in [0.5, 0.6) is 23.0 Å². The van der Waals surface area contributed by atoms with E-state index >= 15 is 0 Å². The first-order chi connectivity index (χ1) is 22.0. The zero-order valence-electron chi connectivity index (χ0n) is 25.4. The molecule has 46 heavy (non-hydrogen) atoms. The molecule has 0 spiro atoms. The summed E-state index contributed by atoms with van der Waals surface area (Å²) in [6, 6.07) is 8.07. The highest BCUT2D eigenvalue weighted by atomic mass is 16.8. The lowest BCUT2D eigenvalue weighted by atomic mass is 9.67. The van der Waals surface area contributed by atoms with Gasteiger partial charge in [0.25, 0.3) is 0 Å². The maximum atomic E-state index is 11.0. The van der Waals surface area contributed by atoms with Crippen molar-refractivity contribution in [3.8, 4) is 23.0 Å². The maximum Gasteiger partial charge on any atom is 0.187 e. The first kappa shape index (κ1) is 34.5. The van der Waals surface area contributed by atoms with Gasteiger partial charge in [-0.1, -0.05) is 6.07 Å². The van der Waals surface area contributed by atoms with Crippen molar-refractivity contribution in [2.24, 2.45) is 11.8 Å². The van der Waals surface area contributed by atoms with Gasteiger partial charge in [-0.25, -0.2) is 0 Å². The fraction of sp³-hybridized carbons (Fsp3) is 0.613. The molecule has 0 bridgehead atoms. The van der Waals surface area contributed by atoms with Crippen molar-refractivity contribution in [3.05, 3.63) is 47.0 Å². The van der Waals surface area contributed by atoms with Gasteiger partial charge in [0, 0.05) is 12.5 Å². The quantitative estimate of drug-likeness (QED) is 0.131. The van der Waals surface area contributed by atoms with Crippen molar-refractivity contribution < 1.29 is 74.4 Å². The predicted molar refractivity (Wildman–Crippen MR) is 155 cm³/mol. The number of fused-ring (bicyclic) bond motifs is 1. The fourth-order valence-electron chi connectivity index (χ4n) is 6.54. The Bertz CT molecular complexity index is 1340. The Balaban J connectivity index is 1.49. The molecule has 0 aromatic heterocycles. The van der Waals surface area contributed by atoms with Crippen molar-refractivity contribution in [2.75, 3.05) is 47.3 Å². The third-order valence-corrected chi connectivity index (χ3v) is 9.24. The average molecular weight is 655 g/mol. The Hall–Kier alpha value is -2.80. The van der Waals surface area contributed by atoms with Crippen LogP contribution in [0.1, 0.15) is 22.6 Å². The van der Waals surface area contributed by atoms with Gasteiger partial charge in [0.05, 0.1) is 40.6 Å². The second kappa shape index (κ2) is 14.1. The van der Waals surface area contributed by atoms with Gasteiger partial charge in [-0.3, -0.25) is 0 Å². The van der Waals surface area contributed by atoms with Gasteiger partial charge in [-0.15, -0.1) is 0 Å². The normalized spacial score (nSPS) is 35.9. The molecule has 11 unspecified atom stereocenters. The van der Waals surface area contributed by atoms with E-state index in [4.69, 9.17) is 28.4 Å². The van der Waals surface area contributed by atoms with Gasteiger partial charge in [-0.2, -0.15) is 0 Å². The number of aliphatic hydroxyl groups is 7. The predicted octanol–water partition coefficient (Wildman–Crippen LogP) is -1.69. The van der Waals surface area contributed by atoms with E-state index in [9.17, 15) is 46.0 Å². The summed E-state index contributed by atoms with van der Waals surface area (Å²) in [4.78, 5) is 0. The van der Waals surface area contributed by atoms with E-state index in [0.29, 0.717) is 17.5 Å². The van der Waals surface area contributed by atoms with E-state index < -0.39 is 86.3 Å². The molecule has 5 rings (SSSR count). The molecule has 0 radical (unpaired) electrons. The number of phenolic OH excluding ortho intramolecular Hbond substituents is 2. The van der Waals surface area contributed by atoms with Crippen LogP contribution in [0.4, 0.5) is 0 Å². The number of hydrogen-bond acceptors (Lipinski definition) is 15. The Morgan fingerprint density at radius 3 is 2.24 bits per heavy atom. The highest BCUT2D eigenvalue weighted by molar-refractivity contribution is 5.53. The third-order valence-electron chi connectivity index (χ3n) is 9.24. The number of benzene rings is 2. The SMILES string of the molecule is COc1cc(C2c3cc(O)c(OC)cc3CC(CO)C2COC2OC(CO)C(O)C(O)C2OC2OCC(O)(CO)C2O)ccc1O. The van der Waals surface area contributed by atoms with Crippen LogP contribution >= 0.6 is 0 Å². The van der Waals surface area contributed by atoms with E-state index in [1.165, 1.54) is 20.3 Å². The van der Waals surface area contributed by atoms with Gasteiger partial charge < -0.3 is 74.4 Å². The first-order valence-corrected chi connectivity index (χ1v) is 14.9. The van der Waals surface area contributed by atoms with Gasteiger partial charge in [-0.05, 0) is 59.2 Å². The lowest BCUT2D eigenvalue weighted by Gasteiger charge is -2.44. The van der Waals surface area contributed by atoms with Gasteiger partial charge in [0.1, 0.15) is 36.1 Å². The first-order valence-electron chi connectivity index (χ1n) is 14.9. The van der Waals surface area contributed by atoms with Gasteiger partial charge in [0.15, 0.2) is 35.6 Å². The summed E-state index contributed by atoms with van der Waals surface area (Å²) in [6.07, 6.45) is -10.4. The molecule has 15 heteroatoms. The van der Waals surface area contributed by atoms with E-state index in [1.54, 1.807) is 24.3 Å². The van der Waals surface area contributed by atoms with Crippen LogP contribution in [0, 0.1) is 11.8 Å². The molecule has 3 aliphatic rings. The summed E-state index contributed by atoms with van der Waals surface area (Å²) < 4.78 is 33.8. The Kier molecular flexibility index (Phi) is 10.6. The molecular formula is C31H42O15. The van der Waals surface area contributed by atoms with Gasteiger partial charge >= 0.3 is 0 Å². The van der Waals surface area contributed by atoms with E-state index in [-0.39, 0.29) is 36.2 Å². The lowest BCUT2D eigenvalue weighted by molar-refractivity contribution is -0.338. The number of rotatable bonds is 11. The summed E-state index contributed by atoms with van der Waals surface area (Å²) in [5, 5.41) is 93.4. The van der Waals surface area contributed by atoms with Crippen molar-refractivity contribution in [1.29, 1.82) is 0 Å². The molecule has 0 saturated carbocycles. The molecule has 2 aliphatic heterocycles. The van der Waals surface area contributed by atoms with Crippen LogP contribution in [0.15, 0.2) is 30.3 Å². The fourth-order valence-corrected chi connectivity index (χ4v) is 6.54. The van der Waals surface area contributed by atoms with Crippen molar-refractivity contribution in [2.45, 2.75) is 61.0 Å². The molecule has 2 heterocycles. The van der Waals surface area contributed by atoms with Crippen molar-refractivity contribution in [3.63, 3.8) is 0 Å².